The first-order valence-corrected chi connectivity index (χ1v) is 4.42. The number of rotatable bonds is 3. The zero-order valence-corrected chi connectivity index (χ0v) is 8.17. The van der Waals surface area contributed by atoms with Gasteiger partial charge in [0.1, 0.15) is 0 Å². The summed E-state index contributed by atoms with van der Waals surface area (Å²) in [4.78, 5) is 11.2. The zero-order valence-electron chi connectivity index (χ0n) is 7.35. The van der Waals surface area contributed by atoms with E-state index in [4.69, 9.17) is 16.1 Å². The van der Waals surface area contributed by atoms with E-state index in [1.807, 2.05) is 0 Å². The summed E-state index contributed by atoms with van der Waals surface area (Å²) in [5, 5.41) is 17.0. The van der Waals surface area contributed by atoms with Gasteiger partial charge in [-0.15, -0.1) is 0 Å². The SMILES string of the molecule is Cc1ccc(SOO)c(N)c1C(=O)O. The molecule has 76 valence electrons. The summed E-state index contributed by atoms with van der Waals surface area (Å²) in [7, 11) is 0. The first kappa shape index (κ1) is 10.8. The third-order valence-corrected chi connectivity index (χ3v) is 2.36. The molecule has 5 nitrogen and oxygen atoms in total. The molecular formula is C8H9NO4S. The molecule has 0 spiro atoms. The Kier molecular flexibility index (Phi) is 3.34. The Morgan fingerprint density at radius 2 is 2.21 bits per heavy atom. The van der Waals surface area contributed by atoms with Gasteiger partial charge in [-0.25, -0.2) is 10.1 Å². The van der Waals surface area contributed by atoms with Gasteiger partial charge in [0.05, 0.1) is 28.2 Å². The molecule has 0 heterocycles. The highest BCUT2D eigenvalue weighted by Gasteiger charge is 2.15. The van der Waals surface area contributed by atoms with Gasteiger partial charge in [-0.3, -0.25) is 0 Å². The molecule has 0 aliphatic heterocycles. The van der Waals surface area contributed by atoms with Gasteiger partial charge >= 0.3 is 5.97 Å². The number of nitrogens with two attached hydrogens (primary N) is 1. The summed E-state index contributed by atoms with van der Waals surface area (Å²) in [5.41, 5.74) is 6.27. The van der Waals surface area contributed by atoms with Gasteiger partial charge in [0.25, 0.3) is 0 Å². The minimum absolute atomic E-state index is 0.0343. The van der Waals surface area contributed by atoms with Gasteiger partial charge in [0, 0.05) is 0 Å². The Hall–Kier alpha value is -1.24. The van der Waals surface area contributed by atoms with Crippen LogP contribution in [0.3, 0.4) is 0 Å². The monoisotopic (exact) mass is 215 g/mol. The van der Waals surface area contributed by atoms with Crippen LogP contribution in [0.2, 0.25) is 0 Å². The maximum absolute atomic E-state index is 10.8. The lowest BCUT2D eigenvalue weighted by atomic mass is 10.1. The van der Waals surface area contributed by atoms with E-state index in [0.717, 1.165) is 0 Å². The molecule has 4 N–H and O–H groups in total. The molecule has 0 aliphatic rings. The van der Waals surface area contributed by atoms with Crippen molar-refractivity contribution in [3.05, 3.63) is 23.3 Å². The summed E-state index contributed by atoms with van der Waals surface area (Å²) in [6.07, 6.45) is 0. The van der Waals surface area contributed by atoms with Gasteiger partial charge in [-0.2, -0.15) is 4.33 Å². The number of aromatic carboxylic acids is 1. The Morgan fingerprint density at radius 1 is 1.57 bits per heavy atom. The van der Waals surface area contributed by atoms with Crippen LogP contribution in [0.4, 0.5) is 5.69 Å². The largest absolute Gasteiger partial charge is 0.478 e. The van der Waals surface area contributed by atoms with Crippen molar-refractivity contribution in [2.24, 2.45) is 0 Å². The summed E-state index contributed by atoms with van der Waals surface area (Å²) < 4.78 is 3.83. The first-order valence-electron chi connectivity index (χ1n) is 3.68. The van der Waals surface area contributed by atoms with Crippen molar-refractivity contribution >= 4 is 23.7 Å². The van der Waals surface area contributed by atoms with E-state index in [2.05, 4.69) is 4.33 Å². The first-order chi connectivity index (χ1) is 6.57. The highest BCUT2D eigenvalue weighted by Crippen LogP contribution is 2.29. The third-order valence-electron chi connectivity index (χ3n) is 1.75. The Labute approximate surface area is 84.6 Å². The smallest absolute Gasteiger partial charge is 0.338 e. The fourth-order valence-corrected chi connectivity index (χ4v) is 1.50. The van der Waals surface area contributed by atoms with Crippen LogP contribution in [0.15, 0.2) is 17.0 Å². The Balaban J connectivity index is 3.26. The van der Waals surface area contributed by atoms with Crippen molar-refractivity contribution in [1.29, 1.82) is 0 Å². The highest BCUT2D eigenvalue weighted by atomic mass is 32.2. The van der Waals surface area contributed by atoms with Gasteiger partial charge in [0.2, 0.25) is 0 Å². The van der Waals surface area contributed by atoms with E-state index in [9.17, 15) is 4.79 Å². The van der Waals surface area contributed by atoms with E-state index in [1.54, 1.807) is 19.1 Å². The molecule has 1 rings (SSSR count). The lowest BCUT2D eigenvalue weighted by Crippen LogP contribution is -2.06. The maximum Gasteiger partial charge on any atom is 0.338 e. The number of anilines is 1. The zero-order chi connectivity index (χ0) is 10.7. The van der Waals surface area contributed by atoms with Crippen LogP contribution in [0, 0.1) is 6.92 Å². The predicted octanol–water partition coefficient (Wildman–Crippen LogP) is 1.77. The predicted molar refractivity (Wildman–Crippen MR) is 52.1 cm³/mol. The van der Waals surface area contributed by atoms with Crippen molar-refractivity contribution < 1.29 is 19.5 Å². The standard InChI is InChI=1S/C8H9NO4S/c1-4-2-3-5(14-13-12)7(9)6(4)8(10)11/h2-3,12H,9H2,1H3,(H,10,11). The van der Waals surface area contributed by atoms with Crippen LogP contribution < -0.4 is 5.73 Å². The van der Waals surface area contributed by atoms with Gasteiger partial charge in [-0.05, 0) is 18.6 Å². The molecule has 0 saturated carbocycles. The van der Waals surface area contributed by atoms with Crippen molar-refractivity contribution in [3.63, 3.8) is 0 Å². The second-order valence-electron chi connectivity index (χ2n) is 2.63. The summed E-state index contributed by atoms with van der Waals surface area (Å²) in [6.45, 7) is 1.65. The molecule has 0 fully saturated rings. The van der Waals surface area contributed by atoms with Gasteiger partial charge in [-0.1, -0.05) is 6.07 Å². The second kappa shape index (κ2) is 4.32. The van der Waals surface area contributed by atoms with E-state index < -0.39 is 5.97 Å². The number of hydrogen-bond acceptors (Lipinski definition) is 5. The number of carbonyl (C=O) groups is 1. The van der Waals surface area contributed by atoms with Gasteiger partial charge in [0.15, 0.2) is 0 Å². The van der Waals surface area contributed by atoms with E-state index in [-0.39, 0.29) is 11.3 Å². The lowest BCUT2D eigenvalue weighted by molar-refractivity contribution is -0.116. The summed E-state index contributed by atoms with van der Waals surface area (Å²) in [6, 6.07) is 3.18. The van der Waals surface area contributed by atoms with Crippen LogP contribution >= 0.6 is 12.0 Å². The lowest BCUT2D eigenvalue weighted by Gasteiger charge is -2.08. The fourth-order valence-electron chi connectivity index (χ4n) is 1.11. The van der Waals surface area contributed by atoms with Crippen LogP contribution in [-0.4, -0.2) is 16.3 Å². The fraction of sp³-hybridized carbons (Fsp3) is 0.125. The molecule has 0 aliphatic carbocycles. The summed E-state index contributed by atoms with van der Waals surface area (Å²) in [5.74, 6) is -1.10. The molecule has 0 unspecified atom stereocenters. The molecule has 0 bridgehead atoms. The minimum Gasteiger partial charge on any atom is -0.478 e. The number of benzene rings is 1. The molecule has 0 amide bonds. The third kappa shape index (κ3) is 1.98. The average molecular weight is 215 g/mol. The molecule has 0 radical (unpaired) electrons. The van der Waals surface area contributed by atoms with E-state index in [0.29, 0.717) is 22.5 Å². The summed E-state index contributed by atoms with van der Waals surface area (Å²) >= 11 is 0.609. The number of carboxylic acids is 1. The minimum atomic E-state index is -1.10. The topological polar surface area (TPSA) is 92.8 Å². The van der Waals surface area contributed by atoms with Crippen LogP contribution in [0.25, 0.3) is 0 Å². The van der Waals surface area contributed by atoms with Crippen molar-refractivity contribution in [1.82, 2.24) is 0 Å². The molecule has 0 atom stereocenters. The second-order valence-corrected chi connectivity index (χ2v) is 3.39. The van der Waals surface area contributed by atoms with E-state index >= 15 is 0 Å². The number of hydrogen-bond donors (Lipinski definition) is 3. The average Bonchev–Trinajstić information content (AvgIpc) is 2.10. The van der Waals surface area contributed by atoms with Crippen LogP contribution in [-0.2, 0) is 4.33 Å². The molecule has 1 aromatic rings. The van der Waals surface area contributed by atoms with Crippen LogP contribution in [0.5, 0.6) is 0 Å². The normalized spacial score (nSPS) is 10.1. The van der Waals surface area contributed by atoms with Crippen molar-refractivity contribution in [2.75, 3.05) is 5.73 Å². The molecule has 0 aromatic heterocycles. The molecule has 1 aromatic carbocycles. The maximum atomic E-state index is 10.8. The Bertz CT molecular complexity index is 367. The quantitative estimate of drug-likeness (QED) is 0.308. The number of nitrogen functional groups attached to an aromatic ring is 1. The number of aryl methyl sites for hydroxylation is 1. The molecular weight excluding hydrogens is 206 g/mol. The highest BCUT2D eigenvalue weighted by molar-refractivity contribution is 7.94. The molecule has 14 heavy (non-hydrogen) atoms. The van der Waals surface area contributed by atoms with Crippen LogP contribution in [0.1, 0.15) is 15.9 Å². The van der Waals surface area contributed by atoms with Crippen molar-refractivity contribution in [3.8, 4) is 0 Å². The van der Waals surface area contributed by atoms with E-state index in [1.165, 1.54) is 0 Å². The number of carboxylic acid groups (broad SMARTS) is 1. The molecule has 0 saturated heterocycles. The Morgan fingerprint density at radius 3 is 2.71 bits per heavy atom. The molecule has 6 heteroatoms. The van der Waals surface area contributed by atoms with Crippen molar-refractivity contribution in [2.45, 2.75) is 11.8 Å². The van der Waals surface area contributed by atoms with Gasteiger partial charge < -0.3 is 10.8 Å².